The van der Waals surface area contributed by atoms with Gasteiger partial charge in [0, 0.05) is 5.33 Å². The SMILES string of the molecule is O=C(O)c1cc(CBr)cc(OC(F)F)c1[N+](=O)[O-]. The van der Waals surface area contributed by atoms with Gasteiger partial charge < -0.3 is 9.84 Å². The highest BCUT2D eigenvalue weighted by molar-refractivity contribution is 9.08. The monoisotopic (exact) mass is 325 g/mol. The van der Waals surface area contributed by atoms with Gasteiger partial charge in [-0.2, -0.15) is 8.78 Å². The van der Waals surface area contributed by atoms with E-state index in [-0.39, 0.29) is 10.9 Å². The lowest BCUT2D eigenvalue weighted by molar-refractivity contribution is -0.386. The minimum atomic E-state index is -3.28. The number of hydrogen-bond donors (Lipinski definition) is 1. The molecule has 0 spiro atoms. The summed E-state index contributed by atoms with van der Waals surface area (Å²) in [7, 11) is 0. The molecule has 0 amide bonds. The van der Waals surface area contributed by atoms with E-state index in [1.54, 1.807) is 0 Å². The summed E-state index contributed by atoms with van der Waals surface area (Å²) < 4.78 is 28.2. The Morgan fingerprint density at radius 2 is 2.17 bits per heavy atom. The zero-order valence-electron chi connectivity index (χ0n) is 8.60. The molecule has 0 aliphatic rings. The Kier molecular flexibility index (Phi) is 4.54. The van der Waals surface area contributed by atoms with Gasteiger partial charge in [-0.05, 0) is 17.7 Å². The minimum absolute atomic E-state index is 0.144. The third-order valence-corrected chi connectivity index (χ3v) is 2.57. The van der Waals surface area contributed by atoms with Crippen molar-refractivity contribution in [1.82, 2.24) is 0 Å². The molecule has 0 heterocycles. The third kappa shape index (κ3) is 3.13. The van der Waals surface area contributed by atoms with E-state index < -0.39 is 34.5 Å². The van der Waals surface area contributed by atoms with E-state index in [4.69, 9.17) is 5.11 Å². The smallest absolute Gasteiger partial charge is 0.387 e. The Hall–Kier alpha value is -1.77. The van der Waals surface area contributed by atoms with Gasteiger partial charge in [0.2, 0.25) is 5.75 Å². The van der Waals surface area contributed by atoms with E-state index in [2.05, 4.69) is 20.7 Å². The van der Waals surface area contributed by atoms with Crippen molar-refractivity contribution in [2.24, 2.45) is 0 Å². The van der Waals surface area contributed by atoms with Crippen LogP contribution in [0.25, 0.3) is 0 Å². The van der Waals surface area contributed by atoms with Gasteiger partial charge in [-0.15, -0.1) is 0 Å². The summed E-state index contributed by atoms with van der Waals surface area (Å²) >= 11 is 3.00. The molecule has 0 radical (unpaired) electrons. The van der Waals surface area contributed by atoms with Crippen molar-refractivity contribution in [2.75, 3.05) is 0 Å². The Balaban J connectivity index is 3.49. The number of hydrogen-bond acceptors (Lipinski definition) is 4. The first kappa shape index (κ1) is 14.3. The molecule has 0 unspecified atom stereocenters. The van der Waals surface area contributed by atoms with E-state index in [0.717, 1.165) is 12.1 Å². The van der Waals surface area contributed by atoms with Crippen LogP contribution in [0.3, 0.4) is 0 Å². The molecule has 1 aromatic carbocycles. The predicted octanol–water partition coefficient (Wildman–Crippen LogP) is 2.79. The number of ether oxygens (including phenoxy) is 1. The van der Waals surface area contributed by atoms with Gasteiger partial charge in [-0.3, -0.25) is 10.1 Å². The first-order valence-corrected chi connectivity index (χ1v) is 5.54. The van der Waals surface area contributed by atoms with Crippen molar-refractivity contribution in [3.05, 3.63) is 33.4 Å². The van der Waals surface area contributed by atoms with Crippen LogP contribution in [0, 0.1) is 10.1 Å². The van der Waals surface area contributed by atoms with Crippen molar-refractivity contribution in [1.29, 1.82) is 0 Å². The molecule has 1 N–H and O–H groups in total. The summed E-state index contributed by atoms with van der Waals surface area (Å²) in [5.74, 6) is -2.37. The first-order valence-electron chi connectivity index (χ1n) is 4.42. The lowest BCUT2D eigenvalue weighted by Crippen LogP contribution is -2.09. The number of carboxylic acids is 1. The molecule has 9 heteroatoms. The molecular formula is C9H6BrF2NO5. The second-order valence-electron chi connectivity index (χ2n) is 3.06. The number of rotatable bonds is 5. The zero-order valence-corrected chi connectivity index (χ0v) is 10.2. The molecule has 0 bridgehead atoms. The van der Waals surface area contributed by atoms with Gasteiger partial charge in [0.05, 0.1) is 4.92 Å². The lowest BCUT2D eigenvalue weighted by atomic mass is 10.1. The van der Waals surface area contributed by atoms with Gasteiger partial charge >= 0.3 is 18.3 Å². The summed E-state index contributed by atoms with van der Waals surface area (Å²) in [5, 5.41) is 19.7. The second kappa shape index (κ2) is 5.71. The maximum atomic E-state index is 12.1. The lowest BCUT2D eigenvalue weighted by Gasteiger charge is -2.09. The average Bonchev–Trinajstić information content (AvgIpc) is 2.26. The third-order valence-electron chi connectivity index (χ3n) is 1.92. The zero-order chi connectivity index (χ0) is 13.9. The van der Waals surface area contributed by atoms with E-state index in [9.17, 15) is 23.7 Å². The maximum Gasteiger partial charge on any atom is 0.387 e. The molecule has 0 aliphatic heterocycles. The predicted molar refractivity (Wildman–Crippen MR) is 59.3 cm³/mol. The van der Waals surface area contributed by atoms with Crippen LogP contribution >= 0.6 is 15.9 Å². The molecule has 1 aromatic rings. The molecule has 6 nitrogen and oxygen atoms in total. The number of nitrogens with zero attached hydrogens (tertiary/aromatic N) is 1. The van der Waals surface area contributed by atoms with E-state index >= 15 is 0 Å². The first-order chi connectivity index (χ1) is 8.36. The van der Waals surface area contributed by atoms with Crippen molar-refractivity contribution >= 4 is 27.6 Å². The van der Waals surface area contributed by atoms with Gasteiger partial charge in [0.25, 0.3) is 0 Å². The molecule has 1 rings (SSSR count). The van der Waals surface area contributed by atoms with Crippen LogP contribution in [-0.4, -0.2) is 22.6 Å². The second-order valence-corrected chi connectivity index (χ2v) is 3.63. The standard InChI is InChI=1S/C9H6BrF2NO5/c10-3-4-1-5(8(14)15)7(13(16)17)6(2-4)18-9(11)12/h1-2,9H,3H2,(H,14,15). The molecular weight excluding hydrogens is 320 g/mol. The van der Waals surface area contributed by atoms with Crippen molar-refractivity contribution in [3.8, 4) is 5.75 Å². The quantitative estimate of drug-likeness (QED) is 0.510. The number of carbonyl (C=O) groups is 1. The Morgan fingerprint density at radius 1 is 1.56 bits per heavy atom. The highest BCUT2D eigenvalue weighted by atomic mass is 79.9. The van der Waals surface area contributed by atoms with Gasteiger partial charge in [-0.25, -0.2) is 4.79 Å². The Morgan fingerprint density at radius 3 is 2.56 bits per heavy atom. The van der Waals surface area contributed by atoms with E-state index in [0.29, 0.717) is 0 Å². The largest absolute Gasteiger partial charge is 0.477 e. The van der Waals surface area contributed by atoms with Crippen LogP contribution < -0.4 is 4.74 Å². The number of nitro benzene ring substituents is 1. The highest BCUT2D eigenvalue weighted by Gasteiger charge is 2.28. The summed E-state index contributed by atoms with van der Waals surface area (Å²) in [4.78, 5) is 20.5. The summed E-state index contributed by atoms with van der Waals surface area (Å²) in [5.41, 5.74) is -1.42. The molecule has 98 valence electrons. The number of carboxylic acid groups (broad SMARTS) is 1. The molecule has 18 heavy (non-hydrogen) atoms. The fourth-order valence-corrected chi connectivity index (χ4v) is 1.60. The van der Waals surface area contributed by atoms with E-state index in [1.807, 2.05) is 0 Å². The van der Waals surface area contributed by atoms with Gasteiger partial charge in [-0.1, -0.05) is 15.9 Å². The van der Waals surface area contributed by atoms with Crippen LogP contribution in [0.4, 0.5) is 14.5 Å². The highest BCUT2D eigenvalue weighted by Crippen LogP contribution is 2.34. The van der Waals surface area contributed by atoms with Crippen LogP contribution in [0.2, 0.25) is 0 Å². The van der Waals surface area contributed by atoms with E-state index in [1.165, 1.54) is 0 Å². The number of nitro groups is 1. The van der Waals surface area contributed by atoms with Crippen molar-refractivity contribution < 1.29 is 28.3 Å². The number of halogens is 3. The molecule has 0 atom stereocenters. The number of alkyl halides is 3. The molecule has 0 aromatic heterocycles. The van der Waals surface area contributed by atoms with Crippen LogP contribution in [0.5, 0.6) is 5.75 Å². The normalized spacial score (nSPS) is 10.4. The topological polar surface area (TPSA) is 89.7 Å². The van der Waals surface area contributed by atoms with Gasteiger partial charge in [0.15, 0.2) is 0 Å². The Labute approximate surface area is 107 Å². The fourth-order valence-electron chi connectivity index (χ4n) is 1.28. The average molecular weight is 326 g/mol. The molecule has 0 fully saturated rings. The fraction of sp³-hybridized carbons (Fsp3) is 0.222. The molecule has 0 aliphatic carbocycles. The number of aromatic carboxylic acids is 1. The van der Waals surface area contributed by atoms with Gasteiger partial charge in [0.1, 0.15) is 5.56 Å². The Bertz CT molecular complexity index is 494. The minimum Gasteiger partial charge on any atom is -0.477 e. The van der Waals surface area contributed by atoms with Crippen LogP contribution in [-0.2, 0) is 5.33 Å². The number of benzene rings is 1. The van der Waals surface area contributed by atoms with Crippen molar-refractivity contribution in [2.45, 2.75) is 11.9 Å². The van der Waals surface area contributed by atoms with Crippen molar-refractivity contribution in [3.63, 3.8) is 0 Å². The molecule has 0 saturated carbocycles. The summed E-state index contributed by atoms with van der Waals surface area (Å²) in [6.07, 6.45) is 0. The summed E-state index contributed by atoms with van der Waals surface area (Å²) in [6, 6.07) is 2.01. The summed E-state index contributed by atoms with van der Waals surface area (Å²) in [6.45, 7) is -3.28. The van der Waals surface area contributed by atoms with Crippen LogP contribution in [0.15, 0.2) is 12.1 Å². The maximum absolute atomic E-state index is 12.1. The molecule has 0 saturated heterocycles. The van der Waals surface area contributed by atoms with Crippen LogP contribution in [0.1, 0.15) is 15.9 Å².